The molecule has 1 aliphatic carbocycles. The largest absolute Gasteiger partial charge is 0.493 e. The number of fused-ring (bicyclic) bond motifs is 1. The summed E-state index contributed by atoms with van der Waals surface area (Å²) < 4.78 is 18.4. The van der Waals surface area contributed by atoms with Crippen LogP contribution in [0.15, 0.2) is 48.5 Å². The van der Waals surface area contributed by atoms with E-state index in [1.54, 1.807) is 12.1 Å². The second kappa shape index (κ2) is 7.45. The number of hydrogen-bond donors (Lipinski definition) is 2. The van der Waals surface area contributed by atoms with E-state index in [1.165, 1.54) is 12.1 Å². The lowest BCUT2D eigenvalue weighted by Crippen LogP contribution is -2.33. The van der Waals surface area contributed by atoms with Gasteiger partial charge in [-0.15, -0.1) is 0 Å². The van der Waals surface area contributed by atoms with Crippen LogP contribution in [-0.4, -0.2) is 23.7 Å². The second-order valence-corrected chi connectivity index (χ2v) is 5.92. The molecule has 2 aromatic carbocycles. The maximum absolute atomic E-state index is 13.0. The van der Waals surface area contributed by atoms with Gasteiger partial charge in [-0.3, -0.25) is 4.79 Å². The highest BCUT2D eigenvalue weighted by molar-refractivity contribution is 5.76. The minimum atomic E-state index is -0.588. The van der Waals surface area contributed by atoms with Crippen LogP contribution in [0.3, 0.4) is 0 Å². The van der Waals surface area contributed by atoms with Gasteiger partial charge in [0.25, 0.3) is 0 Å². The van der Waals surface area contributed by atoms with Crippen molar-refractivity contribution in [3.8, 4) is 5.75 Å². The number of ether oxygens (including phenoxy) is 1. The zero-order valence-corrected chi connectivity index (χ0v) is 13.2. The van der Waals surface area contributed by atoms with Crippen molar-refractivity contribution in [2.24, 2.45) is 0 Å². The standard InChI is InChI=1S/C19H20FNO3/c20-14-6-3-7-15(12-14)24-10-4-9-18(23)21-19-16-8-2-1-5-13(16)11-17(19)22/h1-3,5-8,12,17,19,22H,4,9-11H2,(H,21,23)/t17-,19+/m1/s1. The highest BCUT2D eigenvalue weighted by Gasteiger charge is 2.31. The minimum absolute atomic E-state index is 0.126. The molecular weight excluding hydrogens is 309 g/mol. The highest BCUT2D eigenvalue weighted by atomic mass is 19.1. The Labute approximate surface area is 140 Å². The normalized spacial score (nSPS) is 18.9. The molecule has 4 nitrogen and oxygen atoms in total. The van der Waals surface area contributed by atoms with Gasteiger partial charge in [0.15, 0.2) is 0 Å². The van der Waals surface area contributed by atoms with Crippen molar-refractivity contribution in [2.75, 3.05) is 6.61 Å². The second-order valence-electron chi connectivity index (χ2n) is 5.92. The van der Waals surface area contributed by atoms with Crippen molar-refractivity contribution < 1.29 is 19.0 Å². The molecule has 2 atom stereocenters. The van der Waals surface area contributed by atoms with Crippen molar-refractivity contribution in [2.45, 2.75) is 31.4 Å². The topological polar surface area (TPSA) is 58.6 Å². The molecule has 2 N–H and O–H groups in total. The number of carbonyl (C=O) groups is 1. The smallest absolute Gasteiger partial charge is 0.220 e. The molecular formula is C19H20FNO3. The van der Waals surface area contributed by atoms with E-state index in [0.29, 0.717) is 31.6 Å². The van der Waals surface area contributed by atoms with E-state index < -0.39 is 6.10 Å². The van der Waals surface area contributed by atoms with E-state index in [2.05, 4.69) is 5.32 Å². The monoisotopic (exact) mass is 329 g/mol. The third-order valence-corrected chi connectivity index (χ3v) is 4.13. The van der Waals surface area contributed by atoms with E-state index >= 15 is 0 Å². The zero-order valence-electron chi connectivity index (χ0n) is 13.2. The molecule has 0 aliphatic heterocycles. The summed E-state index contributed by atoms with van der Waals surface area (Å²) in [5.74, 6) is -0.0201. The molecule has 0 unspecified atom stereocenters. The summed E-state index contributed by atoms with van der Waals surface area (Å²) in [6.07, 6.45) is 0.784. The molecule has 2 aromatic rings. The number of rotatable bonds is 6. The van der Waals surface area contributed by atoms with Crippen molar-refractivity contribution in [3.05, 3.63) is 65.5 Å². The van der Waals surface area contributed by atoms with Crippen molar-refractivity contribution in [1.82, 2.24) is 5.32 Å². The fourth-order valence-corrected chi connectivity index (χ4v) is 2.97. The van der Waals surface area contributed by atoms with Gasteiger partial charge in [-0.2, -0.15) is 0 Å². The third-order valence-electron chi connectivity index (χ3n) is 4.13. The SMILES string of the molecule is O=C(CCCOc1cccc(F)c1)N[C@H]1c2ccccc2C[C@H]1O. The number of nitrogens with one attached hydrogen (secondary N) is 1. The molecule has 0 saturated carbocycles. The van der Waals surface area contributed by atoms with Crippen LogP contribution < -0.4 is 10.1 Å². The number of aliphatic hydroxyl groups is 1. The average molecular weight is 329 g/mol. The molecule has 126 valence electrons. The van der Waals surface area contributed by atoms with Gasteiger partial charge < -0.3 is 15.2 Å². The van der Waals surface area contributed by atoms with Crippen LogP contribution in [-0.2, 0) is 11.2 Å². The Balaban J connectivity index is 1.45. The Kier molecular flexibility index (Phi) is 5.11. The molecule has 0 fully saturated rings. The van der Waals surface area contributed by atoms with Gasteiger partial charge in [0.1, 0.15) is 11.6 Å². The fourth-order valence-electron chi connectivity index (χ4n) is 2.97. The van der Waals surface area contributed by atoms with Gasteiger partial charge in [0, 0.05) is 18.9 Å². The fraction of sp³-hybridized carbons (Fsp3) is 0.316. The number of benzene rings is 2. The number of amides is 1. The lowest BCUT2D eigenvalue weighted by molar-refractivity contribution is -0.122. The summed E-state index contributed by atoms with van der Waals surface area (Å²) in [4.78, 5) is 12.1. The summed E-state index contributed by atoms with van der Waals surface area (Å²) in [6.45, 7) is 0.334. The van der Waals surface area contributed by atoms with Gasteiger partial charge in [-0.1, -0.05) is 30.3 Å². The molecule has 3 rings (SSSR count). The van der Waals surface area contributed by atoms with Crippen LogP contribution in [0.2, 0.25) is 0 Å². The summed E-state index contributed by atoms with van der Waals surface area (Å²) >= 11 is 0. The van der Waals surface area contributed by atoms with Crippen LogP contribution in [0.4, 0.5) is 4.39 Å². The first-order valence-corrected chi connectivity index (χ1v) is 8.07. The van der Waals surface area contributed by atoms with E-state index in [0.717, 1.165) is 11.1 Å². The first-order valence-electron chi connectivity index (χ1n) is 8.07. The van der Waals surface area contributed by atoms with Crippen LogP contribution in [0, 0.1) is 5.82 Å². The minimum Gasteiger partial charge on any atom is -0.493 e. The zero-order chi connectivity index (χ0) is 16.9. The van der Waals surface area contributed by atoms with Gasteiger partial charge in [0.2, 0.25) is 5.91 Å². The van der Waals surface area contributed by atoms with Gasteiger partial charge in [0.05, 0.1) is 18.8 Å². The summed E-state index contributed by atoms with van der Waals surface area (Å²) in [5.41, 5.74) is 2.05. The Morgan fingerprint density at radius 2 is 2.08 bits per heavy atom. The lowest BCUT2D eigenvalue weighted by atomic mass is 10.1. The van der Waals surface area contributed by atoms with E-state index in [1.807, 2.05) is 24.3 Å². The quantitative estimate of drug-likeness (QED) is 0.801. The Morgan fingerprint density at radius 1 is 1.25 bits per heavy atom. The molecule has 5 heteroatoms. The van der Waals surface area contributed by atoms with E-state index in [-0.39, 0.29) is 17.8 Å². The molecule has 24 heavy (non-hydrogen) atoms. The summed E-state index contributed by atoms with van der Waals surface area (Å²) in [6, 6.07) is 13.3. The van der Waals surface area contributed by atoms with E-state index in [4.69, 9.17) is 4.74 Å². The Bertz CT molecular complexity index is 719. The summed E-state index contributed by atoms with van der Waals surface area (Å²) in [5, 5.41) is 13.0. The van der Waals surface area contributed by atoms with Crippen molar-refractivity contribution in [1.29, 1.82) is 0 Å². The van der Waals surface area contributed by atoms with Crippen molar-refractivity contribution >= 4 is 5.91 Å². The first kappa shape index (κ1) is 16.5. The molecule has 0 bridgehead atoms. The van der Waals surface area contributed by atoms with E-state index in [9.17, 15) is 14.3 Å². The summed E-state index contributed by atoms with van der Waals surface area (Å²) in [7, 11) is 0. The molecule has 0 saturated heterocycles. The van der Waals surface area contributed by atoms with Crippen LogP contribution in [0.5, 0.6) is 5.75 Å². The lowest BCUT2D eigenvalue weighted by Gasteiger charge is -2.18. The number of halogens is 1. The molecule has 0 radical (unpaired) electrons. The highest BCUT2D eigenvalue weighted by Crippen LogP contribution is 2.31. The predicted octanol–water partition coefficient (Wildman–Crippen LogP) is 2.76. The number of hydrogen-bond acceptors (Lipinski definition) is 3. The maximum atomic E-state index is 13.0. The number of carbonyl (C=O) groups excluding carboxylic acids is 1. The van der Waals surface area contributed by atoms with Gasteiger partial charge in [-0.05, 0) is 29.7 Å². The molecule has 1 amide bonds. The Hall–Kier alpha value is -2.40. The maximum Gasteiger partial charge on any atom is 0.220 e. The first-order chi connectivity index (χ1) is 11.6. The molecule has 0 spiro atoms. The molecule has 1 aliphatic rings. The van der Waals surface area contributed by atoms with Gasteiger partial charge in [-0.25, -0.2) is 4.39 Å². The third kappa shape index (κ3) is 3.92. The van der Waals surface area contributed by atoms with Crippen LogP contribution >= 0.6 is 0 Å². The van der Waals surface area contributed by atoms with Crippen LogP contribution in [0.1, 0.15) is 30.0 Å². The van der Waals surface area contributed by atoms with Crippen LogP contribution in [0.25, 0.3) is 0 Å². The van der Waals surface area contributed by atoms with Gasteiger partial charge >= 0.3 is 0 Å². The molecule has 0 heterocycles. The Morgan fingerprint density at radius 3 is 2.92 bits per heavy atom. The molecule has 0 aromatic heterocycles. The average Bonchev–Trinajstić information content (AvgIpc) is 2.88. The van der Waals surface area contributed by atoms with Crippen molar-refractivity contribution in [3.63, 3.8) is 0 Å². The predicted molar refractivity (Wildman–Crippen MR) is 88.2 cm³/mol. The number of aliphatic hydroxyl groups excluding tert-OH is 1.